The van der Waals surface area contributed by atoms with Gasteiger partial charge in [-0.15, -0.1) is 0 Å². The molecule has 0 aromatic heterocycles. The molecule has 4 nitrogen and oxygen atoms in total. The Bertz CT molecular complexity index is 418. The molecule has 1 spiro atoms. The maximum absolute atomic E-state index is 12.3. The van der Waals surface area contributed by atoms with E-state index in [1.165, 1.54) is 6.08 Å². The van der Waals surface area contributed by atoms with E-state index in [1.807, 2.05) is 9.80 Å². The zero-order valence-electron chi connectivity index (χ0n) is 11.6. The lowest BCUT2D eigenvalue weighted by Gasteiger charge is -2.58. The van der Waals surface area contributed by atoms with Crippen molar-refractivity contribution in [1.29, 1.82) is 0 Å². The summed E-state index contributed by atoms with van der Waals surface area (Å²) in [5, 5.41) is 0. The highest BCUT2D eigenvalue weighted by Gasteiger charge is 2.55. The fourth-order valence-corrected chi connectivity index (χ4v) is 3.86. The second kappa shape index (κ2) is 4.36. The van der Waals surface area contributed by atoms with Gasteiger partial charge in [-0.25, -0.2) is 0 Å². The van der Waals surface area contributed by atoms with Gasteiger partial charge in [0.05, 0.1) is 0 Å². The summed E-state index contributed by atoms with van der Waals surface area (Å²) in [7, 11) is 0. The topological polar surface area (TPSA) is 40.6 Å². The standard InChI is InChI=1S/C15H22N2O2/c1-3-13(18)17-9-15(10-17)6-12(7-15)14(19)16-5-4-11(2)8-16/h3,11-12H,1,4-10H2,2H3. The Balaban J connectivity index is 1.47. The fraction of sp³-hybridized carbons (Fsp3) is 0.733. The van der Waals surface area contributed by atoms with Crippen LogP contribution in [0.5, 0.6) is 0 Å². The molecule has 3 aliphatic rings. The second-order valence-corrected chi connectivity index (χ2v) is 6.68. The molecule has 0 N–H and O–H groups in total. The fourth-order valence-electron chi connectivity index (χ4n) is 3.86. The predicted molar refractivity (Wildman–Crippen MR) is 72.3 cm³/mol. The number of nitrogens with zero attached hydrogens (tertiary/aromatic N) is 2. The van der Waals surface area contributed by atoms with E-state index in [9.17, 15) is 9.59 Å². The Hall–Kier alpha value is -1.32. The van der Waals surface area contributed by atoms with Crippen LogP contribution in [0.4, 0.5) is 0 Å². The van der Waals surface area contributed by atoms with Gasteiger partial charge in [-0.1, -0.05) is 13.5 Å². The van der Waals surface area contributed by atoms with Gasteiger partial charge in [0.15, 0.2) is 0 Å². The number of likely N-dealkylation sites (tertiary alicyclic amines) is 2. The van der Waals surface area contributed by atoms with E-state index in [4.69, 9.17) is 0 Å². The summed E-state index contributed by atoms with van der Waals surface area (Å²) < 4.78 is 0. The average molecular weight is 262 g/mol. The van der Waals surface area contributed by atoms with E-state index in [2.05, 4.69) is 13.5 Å². The van der Waals surface area contributed by atoms with Gasteiger partial charge < -0.3 is 9.80 Å². The van der Waals surface area contributed by atoms with Crippen molar-refractivity contribution in [3.63, 3.8) is 0 Å². The maximum atomic E-state index is 12.3. The Morgan fingerprint density at radius 2 is 1.95 bits per heavy atom. The third-order valence-corrected chi connectivity index (χ3v) is 4.98. The Morgan fingerprint density at radius 1 is 1.26 bits per heavy atom. The van der Waals surface area contributed by atoms with Crippen molar-refractivity contribution < 1.29 is 9.59 Å². The minimum absolute atomic E-state index is 0.0220. The third kappa shape index (κ3) is 2.07. The molecular weight excluding hydrogens is 240 g/mol. The number of hydrogen-bond donors (Lipinski definition) is 0. The lowest BCUT2D eigenvalue weighted by molar-refractivity contribution is -0.160. The van der Waals surface area contributed by atoms with Crippen LogP contribution in [0.25, 0.3) is 0 Å². The van der Waals surface area contributed by atoms with Crippen molar-refractivity contribution in [2.75, 3.05) is 26.2 Å². The Kier molecular flexibility index (Phi) is 2.91. The summed E-state index contributed by atoms with van der Waals surface area (Å²) in [6.45, 7) is 9.22. The quantitative estimate of drug-likeness (QED) is 0.703. The molecule has 0 radical (unpaired) electrons. The zero-order valence-corrected chi connectivity index (χ0v) is 11.6. The molecule has 2 heterocycles. The van der Waals surface area contributed by atoms with Crippen molar-refractivity contribution in [2.45, 2.75) is 26.2 Å². The summed E-state index contributed by atoms with van der Waals surface area (Å²) >= 11 is 0. The van der Waals surface area contributed by atoms with Gasteiger partial charge in [0.2, 0.25) is 11.8 Å². The van der Waals surface area contributed by atoms with Gasteiger partial charge in [0.25, 0.3) is 0 Å². The zero-order chi connectivity index (χ0) is 13.6. The minimum Gasteiger partial charge on any atom is -0.342 e. The van der Waals surface area contributed by atoms with Crippen molar-refractivity contribution in [3.05, 3.63) is 12.7 Å². The molecule has 1 saturated carbocycles. The summed E-state index contributed by atoms with van der Waals surface area (Å²) in [6, 6.07) is 0. The number of rotatable bonds is 2. The maximum Gasteiger partial charge on any atom is 0.245 e. The van der Waals surface area contributed by atoms with Crippen LogP contribution in [-0.4, -0.2) is 47.8 Å². The Labute approximate surface area is 114 Å². The van der Waals surface area contributed by atoms with Gasteiger partial charge >= 0.3 is 0 Å². The van der Waals surface area contributed by atoms with Crippen molar-refractivity contribution in [3.8, 4) is 0 Å². The Morgan fingerprint density at radius 3 is 2.47 bits per heavy atom. The molecular formula is C15H22N2O2. The van der Waals surface area contributed by atoms with E-state index >= 15 is 0 Å². The molecule has 1 atom stereocenters. The van der Waals surface area contributed by atoms with Crippen LogP contribution in [0.2, 0.25) is 0 Å². The average Bonchev–Trinajstić information content (AvgIpc) is 2.71. The smallest absolute Gasteiger partial charge is 0.245 e. The summed E-state index contributed by atoms with van der Waals surface area (Å²) in [5.74, 6) is 1.24. The molecule has 4 heteroatoms. The van der Waals surface area contributed by atoms with E-state index in [0.717, 1.165) is 45.4 Å². The summed E-state index contributed by atoms with van der Waals surface area (Å²) in [6.07, 6.45) is 4.46. The highest BCUT2D eigenvalue weighted by atomic mass is 16.2. The molecule has 0 aromatic rings. The van der Waals surface area contributed by atoms with Gasteiger partial charge in [-0.2, -0.15) is 0 Å². The molecule has 2 amide bonds. The van der Waals surface area contributed by atoms with Gasteiger partial charge in [-0.3, -0.25) is 9.59 Å². The molecule has 104 valence electrons. The summed E-state index contributed by atoms with van der Waals surface area (Å²) in [5.41, 5.74) is 0.254. The lowest BCUT2D eigenvalue weighted by atomic mass is 9.57. The predicted octanol–water partition coefficient (Wildman–Crippen LogP) is 1.28. The van der Waals surface area contributed by atoms with Crippen LogP contribution in [0.1, 0.15) is 26.2 Å². The second-order valence-electron chi connectivity index (χ2n) is 6.68. The van der Waals surface area contributed by atoms with E-state index in [0.29, 0.717) is 11.8 Å². The monoisotopic (exact) mass is 262 g/mol. The van der Waals surface area contributed by atoms with Crippen LogP contribution in [0.3, 0.4) is 0 Å². The number of carbonyl (C=O) groups is 2. The van der Waals surface area contributed by atoms with Crippen LogP contribution < -0.4 is 0 Å². The minimum atomic E-state index is 0.0220. The first-order valence-electron chi connectivity index (χ1n) is 7.23. The molecule has 1 aliphatic carbocycles. The van der Waals surface area contributed by atoms with E-state index < -0.39 is 0 Å². The van der Waals surface area contributed by atoms with Gasteiger partial charge in [0.1, 0.15) is 0 Å². The molecule has 3 rings (SSSR count). The van der Waals surface area contributed by atoms with Crippen molar-refractivity contribution in [2.24, 2.45) is 17.3 Å². The SMILES string of the molecule is C=CC(=O)N1CC2(CC(C(=O)N3CCC(C)C3)C2)C1. The molecule has 19 heavy (non-hydrogen) atoms. The first kappa shape index (κ1) is 12.7. The number of carbonyl (C=O) groups excluding carboxylic acids is 2. The highest BCUT2D eigenvalue weighted by Crippen LogP contribution is 2.52. The van der Waals surface area contributed by atoms with Crippen LogP contribution in [0.15, 0.2) is 12.7 Å². The molecule has 0 aromatic carbocycles. The van der Waals surface area contributed by atoms with Crippen molar-refractivity contribution in [1.82, 2.24) is 9.80 Å². The molecule has 3 fully saturated rings. The first-order chi connectivity index (χ1) is 9.03. The van der Waals surface area contributed by atoms with E-state index in [1.54, 1.807) is 0 Å². The van der Waals surface area contributed by atoms with Gasteiger partial charge in [0, 0.05) is 37.5 Å². The highest BCUT2D eigenvalue weighted by molar-refractivity contribution is 5.88. The number of hydrogen-bond acceptors (Lipinski definition) is 2. The third-order valence-electron chi connectivity index (χ3n) is 4.98. The van der Waals surface area contributed by atoms with Gasteiger partial charge in [-0.05, 0) is 31.3 Å². The largest absolute Gasteiger partial charge is 0.342 e. The van der Waals surface area contributed by atoms with E-state index in [-0.39, 0.29) is 17.2 Å². The molecule has 0 bridgehead atoms. The molecule has 2 saturated heterocycles. The number of amides is 2. The normalized spacial score (nSPS) is 29.0. The molecule has 1 unspecified atom stereocenters. The lowest BCUT2D eigenvalue weighted by Crippen LogP contribution is -2.65. The first-order valence-corrected chi connectivity index (χ1v) is 7.23. The van der Waals surface area contributed by atoms with Crippen molar-refractivity contribution >= 4 is 11.8 Å². The van der Waals surface area contributed by atoms with Crippen LogP contribution >= 0.6 is 0 Å². The summed E-state index contributed by atoms with van der Waals surface area (Å²) in [4.78, 5) is 27.6. The van der Waals surface area contributed by atoms with Crippen LogP contribution in [-0.2, 0) is 9.59 Å². The molecule has 2 aliphatic heterocycles. The van der Waals surface area contributed by atoms with Crippen LogP contribution in [0, 0.1) is 17.3 Å².